The molecule has 0 N–H and O–H groups in total. The van der Waals surface area contributed by atoms with E-state index in [1.807, 2.05) is 26.0 Å². The molecule has 2 rings (SSSR count). The summed E-state index contributed by atoms with van der Waals surface area (Å²) < 4.78 is 41.1. The summed E-state index contributed by atoms with van der Waals surface area (Å²) in [6, 6.07) is 10.1. The third kappa shape index (κ3) is 3.82. The molecule has 130 valence electrons. The average Bonchev–Trinajstić information content (AvgIpc) is 2.55. The first-order valence-electron chi connectivity index (χ1n) is 7.55. The van der Waals surface area contributed by atoms with Crippen LogP contribution in [-0.4, -0.2) is 22.6 Å². The van der Waals surface area contributed by atoms with Crippen molar-refractivity contribution in [1.29, 1.82) is 0 Å². The lowest BCUT2D eigenvalue weighted by Crippen LogP contribution is -2.12. The van der Waals surface area contributed by atoms with E-state index in [2.05, 4.69) is 0 Å². The lowest BCUT2D eigenvalue weighted by Gasteiger charge is -2.15. The number of benzene rings is 2. The summed E-state index contributed by atoms with van der Waals surface area (Å²) in [7, 11) is -1.18. The molecule has 0 aliphatic carbocycles. The van der Waals surface area contributed by atoms with E-state index in [0.29, 0.717) is 11.5 Å². The lowest BCUT2D eigenvalue weighted by molar-refractivity contribution is 0.388. The summed E-state index contributed by atoms with van der Waals surface area (Å²) in [5, 5.41) is 0. The Hall–Kier alpha value is -2.21. The van der Waals surface area contributed by atoms with Crippen LogP contribution in [0.25, 0.3) is 0 Å². The van der Waals surface area contributed by atoms with Crippen LogP contribution in [0.2, 0.25) is 0 Å². The molecule has 2 aromatic carbocycles. The van der Waals surface area contributed by atoms with Crippen LogP contribution in [0, 0.1) is 6.92 Å². The van der Waals surface area contributed by atoms with Crippen molar-refractivity contribution in [2.24, 2.45) is 0 Å². The van der Waals surface area contributed by atoms with Crippen molar-refractivity contribution in [3.8, 4) is 17.2 Å². The van der Waals surface area contributed by atoms with E-state index in [1.54, 1.807) is 19.1 Å². The predicted octanol–water partition coefficient (Wildman–Crippen LogP) is 3.90. The van der Waals surface area contributed by atoms with E-state index in [1.165, 1.54) is 26.4 Å². The molecule has 0 spiro atoms. The third-order valence-corrected chi connectivity index (χ3v) is 4.98. The van der Waals surface area contributed by atoms with Crippen LogP contribution in [0.15, 0.2) is 41.3 Å². The van der Waals surface area contributed by atoms with Gasteiger partial charge in [-0.25, -0.2) is 0 Å². The fourth-order valence-corrected chi connectivity index (χ4v) is 3.37. The minimum atomic E-state index is -4.06. The fraction of sp³-hybridized carbons (Fsp3) is 0.333. The van der Waals surface area contributed by atoms with Gasteiger partial charge in [0.15, 0.2) is 4.90 Å². The molecule has 0 aromatic heterocycles. The van der Waals surface area contributed by atoms with Gasteiger partial charge in [0, 0.05) is 6.07 Å². The van der Waals surface area contributed by atoms with E-state index in [9.17, 15) is 8.42 Å². The van der Waals surface area contributed by atoms with Gasteiger partial charge < -0.3 is 13.7 Å². The second kappa shape index (κ2) is 7.13. The maximum Gasteiger partial charge on any atom is 0.343 e. The van der Waals surface area contributed by atoms with Crippen molar-refractivity contribution in [3.63, 3.8) is 0 Å². The standard InChI is InChI=1S/C18H22O5S/c1-12(2)14-7-6-13(3)17(10-14)23-24(19,20)18-11-15(21-4)8-9-16(18)22-5/h6-12H,1-5H3. The zero-order valence-electron chi connectivity index (χ0n) is 14.5. The molecule has 0 bridgehead atoms. The van der Waals surface area contributed by atoms with E-state index < -0.39 is 10.1 Å². The average molecular weight is 350 g/mol. The first-order valence-corrected chi connectivity index (χ1v) is 8.96. The van der Waals surface area contributed by atoms with Crippen molar-refractivity contribution in [2.45, 2.75) is 31.6 Å². The van der Waals surface area contributed by atoms with Crippen LogP contribution in [0.5, 0.6) is 17.2 Å². The van der Waals surface area contributed by atoms with Gasteiger partial charge in [-0.2, -0.15) is 8.42 Å². The summed E-state index contributed by atoms with van der Waals surface area (Å²) >= 11 is 0. The fourth-order valence-electron chi connectivity index (χ4n) is 2.21. The van der Waals surface area contributed by atoms with Gasteiger partial charge in [-0.05, 0) is 42.2 Å². The number of methoxy groups -OCH3 is 2. The van der Waals surface area contributed by atoms with Gasteiger partial charge in [-0.15, -0.1) is 0 Å². The van der Waals surface area contributed by atoms with Crippen LogP contribution in [0.4, 0.5) is 0 Å². The van der Waals surface area contributed by atoms with Crippen LogP contribution in [0.1, 0.15) is 30.9 Å². The second-order valence-electron chi connectivity index (χ2n) is 5.73. The molecule has 2 aromatic rings. The molecular formula is C18H22O5S. The quantitative estimate of drug-likeness (QED) is 0.739. The Labute approximate surface area is 143 Å². The van der Waals surface area contributed by atoms with Crippen molar-refractivity contribution in [3.05, 3.63) is 47.5 Å². The molecule has 0 atom stereocenters. The van der Waals surface area contributed by atoms with Crippen LogP contribution in [-0.2, 0) is 10.1 Å². The van der Waals surface area contributed by atoms with Crippen LogP contribution >= 0.6 is 0 Å². The molecule has 6 heteroatoms. The van der Waals surface area contributed by atoms with Gasteiger partial charge in [0.25, 0.3) is 0 Å². The Balaban J connectivity index is 2.48. The molecule has 0 unspecified atom stereocenters. The Kier molecular flexibility index (Phi) is 5.39. The number of ether oxygens (including phenoxy) is 2. The topological polar surface area (TPSA) is 61.8 Å². The molecule has 0 aliphatic heterocycles. The Morgan fingerprint density at radius 3 is 2.21 bits per heavy atom. The van der Waals surface area contributed by atoms with Gasteiger partial charge in [0.05, 0.1) is 14.2 Å². The first-order chi connectivity index (χ1) is 11.3. The highest BCUT2D eigenvalue weighted by atomic mass is 32.2. The van der Waals surface area contributed by atoms with Crippen molar-refractivity contribution >= 4 is 10.1 Å². The highest BCUT2D eigenvalue weighted by Gasteiger charge is 2.24. The van der Waals surface area contributed by atoms with Gasteiger partial charge in [0.2, 0.25) is 0 Å². The lowest BCUT2D eigenvalue weighted by atomic mass is 10.0. The van der Waals surface area contributed by atoms with Crippen molar-refractivity contribution in [2.75, 3.05) is 14.2 Å². The van der Waals surface area contributed by atoms with Gasteiger partial charge in [-0.3, -0.25) is 0 Å². The van der Waals surface area contributed by atoms with Gasteiger partial charge in [-0.1, -0.05) is 26.0 Å². The number of aryl methyl sites for hydroxylation is 1. The Morgan fingerprint density at radius 2 is 1.62 bits per heavy atom. The summed E-state index contributed by atoms with van der Waals surface area (Å²) in [5.41, 5.74) is 1.74. The minimum absolute atomic E-state index is 0.0706. The smallest absolute Gasteiger partial charge is 0.343 e. The van der Waals surface area contributed by atoms with Crippen molar-refractivity contribution in [1.82, 2.24) is 0 Å². The SMILES string of the molecule is COc1ccc(OC)c(S(=O)(=O)Oc2cc(C(C)C)ccc2C)c1. The molecule has 0 fully saturated rings. The molecule has 0 heterocycles. The number of hydrogen-bond donors (Lipinski definition) is 0. The molecule has 24 heavy (non-hydrogen) atoms. The van der Waals surface area contributed by atoms with Gasteiger partial charge >= 0.3 is 10.1 Å². The van der Waals surface area contributed by atoms with E-state index >= 15 is 0 Å². The van der Waals surface area contributed by atoms with Gasteiger partial charge in [0.1, 0.15) is 17.2 Å². The Bertz CT molecular complexity index is 825. The highest BCUT2D eigenvalue weighted by molar-refractivity contribution is 7.87. The molecule has 0 saturated carbocycles. The maximum absolute atomic E-state index is 12.7. The van der Waals surface area contributed by atoms with Crippen LogP contribution in [0.3, 0.4) is 0 Å². The summed E-state index contributed by atoms with van der Waals surface area (Å²) in [4.78, 5) is -0.0706. The maximum atomic E-state index is 12.7. The largest absolute Gasteiger partial charge is 0.497 e. The zero-order chi connectivity index (χ0) is 17.9. The normalized spacial score (nSPS) is 11.4. The van der Waals surface area contributed by atoms with E-state index in [-0.39, 0.29) is 16.6 Å². The molecule has 5 nitrogen and oxygen atoms in total. The molecular weight excluding hydrogens is 328 g/mol. The van der Waals surface area contributed by atoms with E-state index in [0.717, 1.165) is 11.1 Å². The number of hydrogen-bond acceptors (Lipinski definition) is 5. The molecule has 0 aliphatic rings. The molecule has 0 radical (unpaired) electrons. The summed E-state index contributed by atoms with van der Waals surface area (Å²) in [6.45, 7) is 5.87. The summed E-state index contributed by atoms with van der Waals surface area (Å²) in [5.74, 6) is 1.19. The van der Waals surface area contributed by atoms with Crippen molar-refractivity contribution < 1.29 is 22.1 Å². The molecule has 0 saturated heterocycles. The minimum Gasteiger partial charge on any atom is -0.497 e. The highest BCUT2D eigenvalue weighted by Crippen LogP contribution is 2.32. The van der Waals surface area contributed by atoms with E-state index in [4.69, 9.17) is 13.7 Å². The monoisotopic (exact) mass is 350 g/mol. The second-order valence-corrected chi connectivity index (χ2v) is 7.25. The number of rotatable bonds is 6. The predicted molar refractivity (Wildman–Crippen MR) is 92.6 cm³/mol. The first kappa shape index (κ1) is 18.1. The zero-order valence-corrected chi connectivity index (χ0v) is 15.3. The van der Waals surface area contributed by atoms with Crippen LogP contribution < -0.4 is 13.7 Å². The third-order valence-electron chi connectivity index (χ3n) is 3.72. The summed E-state index contributed by atoms with van der Waals surface area (Å²) in [6.07, 6.45) is 0. The Morgan fingerprint density at radius 1 is 0.917 bits per heavy atom. The molecule has 0 amide bonds.